The monoisotopic (exact) mass is 183 g/mol. The van der Waals surface area contributed by atoms with Crippen LogP contribution in [0.1, 0.15) is 5.56 Å². The van der Waals surface area contributed by atoms with Crippen LogP contribution >= 0.6 is 0 Å². The second-order valence-electron chi connectivity index (χ2n) is 3.10. The molecule has 14 heavy (non-hydrogen) atoms. The highest BCUT2D eigenvalue weighted by Gasteiger charge is 2.03. The quantitative estimate of drug-likeness (QED) is 0.636. The third-order valence-corrected chi connectivity index (χ3v) is 2.30. The summed E-state index contributed by atoms with van der Waals surface area (Å²) in [5.74, 6) is 0.631. The molecule has 2 heteroatoms. The zero-order chi connectivity index (χ0) is 9.97. The molecular formula is C12H9NO. The maximum atomic E-state index is 8.44. The summed E-state index contributed by atoms with van der Waals surface area (Å²) in [6.07, 6.45) is 1.69. The molecule has 0 aromatic heterocycles. The van der Waals surface area contributed by atoms with Gasteiger partial charge in [0.25, 0.3) is 6.26 Å². The topological polar surface area (TPSA) is 33.0 Å². The van der Waals surface area contributed by atoms with Gasteiger partial charge in [-0.1, -0.05) is 30.3 Å². The third kappa shape index (κ3) is 1.29. The van der Waals surface area contributed by atoms with Crippen LogP contribution in [-0.4, -0.2) is 0 Å². The fourth-order valence-corrected chi connectivity index (χ4v) is 1.57. The van der Waals surface area contributed by atoms with E-state index in [0.29, 0.717) is 5.75 Å². The van der Waals surface area contributed by atoms with Crippen LogP contribution in [0.3, 0.4) is 0 Å². The van der Waals surface area contributed by atoms with E-state index in [4.69, 9.17) is 10.00 Å². The first-order valence-corrected chi connectivity index (χ1v) is 4.37. The van der Waals surface area contributed by atoms with Crippen molar-refractivity contribution in [2.45, 2.75) is 6.92 Å². The van der Waals surface area contributed by atoms with E-state index in [0.717, 1.165) is 16.3 Å². The summed E-state index contributed by atoms with van der Waals surface area (Å²) in [6, 6.07) is 11.8. The lowest BCUT2D eigenvalue weighted by atomic mass is 10.1. The highest BCUT2D eigenvalue weighted by molar-refractivity contribution is 5.87. The normalized spacial score (nSPS) is 9.71. The number of aryl methyl sites for hydroxylation is 1. The summed E-state index contributed by atoms with van der Waals surface area (Å²) < 4.78 is 4.85. The second-order valence-corrected chi connectivity index (χ2v) is 3.10. The molecule has 68 valence electrons. The van der Waals surface area contributed by atoms with Crippen molar-refractivity contribution in [2.75, 3.05) is 0 Å². The molecule has 0 saturated carbocycles. The van der Waals surface area contributed by atoms with Gasteiger partial charge in [-0.25, -0.2) is 0 Å². The van der Waals surface area contributed by atoms with Crippen LogP contribution in [-0.2, 0) is 0 Å². The molecule has 2 nitrogen and oxygen atoms in total. The summed E-state index contributed by atoms with van der Waals surface area (Å²) in [7, 11) is 0. The molecule has 2 rings (SSSR count). The van der Waals surface area contributed by atoms with Crippen molar-refractivity contribution in [1.29, 1.82) is 5.26 Å². The van der Waals surface area contributed by atoms with E-state index in [1.807, 2.05) is 43.3 Å². The van der Waals surface area contributed by atoms with Crippen molar-refractivity contribution in [3.05, 3.63) is 42.0 Å². The Balaban J connectivity index is 2.70. The lowest BCUT2D eigenvalue weighted by molar-refractivity contribution is 0.504. The zero-order valence-corrected chi connectivity index (χ0v) is 7.82. The molecule has 0 fully saturated rings. The van der Waals surface area contributed by atoms with Crippen molar-refractivity contribution < 1.29 is 4.74 Å². The SMILES string of the molecule is Cc1c(OC#N)ccc2ccccc12. The Morgan fingerprint density at radius 2 is 1.93 bits per heavy atom. The smallest absolute Gasteiger partial charge is 0.292 e. The highest BCUT2D eigenvalue weighted by Crippen LogP contribution is 2.26. The van der Waals surface area contributed by atoms with Crippen molar-refractivity contribution >= 4 is 10.8 Å². The van der Waals surface area contributed by atoms with Crippen LogP contribution in [0.25, 0.3) is 10.8 Å². The van der Waals surface area contributed by atoms with Gasteiger partial charge in [0.1, 0.15) is 5.75 Å². The first kappa shape index (κ1) is 8.58. The van der Waals surface area contributed by atoms with Crippen LogP contribution in [0, 0.1) is 18.4 Å². The van der Waals surface area contributed by atoms with Gasteiger partial charge in [-0.05, 0) is 23.8 Å². The number of nitrogens with zero attached hydrogens (tertiary/aromatic N) is 1. The zero-order valence-electron chi connectivity index (χ0n) is 7.82. The average Bonchev–Trinajstić information content (AvgIpc) is 2.23. The molecule has 0 N–H and O–H groups in total. The van der Waals surface area contributed by atoms with Gasteiger partial charge in [0.05, 0.1) is 0 Å². The van der Waals surface area contributed by atoms with E-state index >= 15 is 0 Å². The van der Waals surface area contributed by atoms with Gasteiger partial charge in [-0.2, -0.15) is 0 Å². The predicted octanol–water partition coefficient (Wildman–Crippen LogP) is 3.01. The number of benzene rings is 2. The minimum absolute atomic E-state index is 0.631. The lowest BCUT2D eigenvalue weighted by Gasteiger charge is -2.05. The van der Waals surface area contributed by atoms with Gasteiger partial charge >= 0.3 is 0 Å². The molecule has 0 aliphatic rings. The molecule has 0 spiro atoms. The Hall–Kier alpha value is -2.01. The van der Waals surface area contributed by atoms with E-state index in [1.54, 1.807) is 6.26 Å². The van der Waals surface area contributed by atoms with Crippen LogP contribution in [0.2, 0.25) is 0 Å². The second kappa shape index (κ2) is 3.39. The molecule has 0 saturated heterocycles. The Morgan fingerprint density at radius 3 is 2.71 bits per heavy atom. The van der Waals surface area contributed by atoms with Gasteiger partial charge < -0.3 is 4.74 Å². The minimum Gasteiger partial charge on any atom is -0.388 e. The summed E-state index contributed by atoms with van der Waals surface area (Å²) in [4.78, 5) is 0. The largest absolute Gasteiger partial charge is 0.388 e. The molecule has 2 aromatic rings. The molecule has 0 atom stereocenters. The highest BCUT2D eigenvalue weighted by atomic mass is 16.5. The van der Waals surface area contributed by atoms with Gasteiger partial charge in [-0.15, -0.1) is 5.26 Å². The van der Waals surface area contributed by atoms with Crippen LogP contribution < -0.4 is 4.74 Å². The number of nitriles is 1. The first-order valence-electron chi connectivity index (χ1n) is 4.37. The van der Waals surface area contributed by atoms with Gasteiger partial charge in [0.2, 0.25) is 0 Å². The maximum Gasteiger partial charge on any atom is 0.292 e. The summed E-state index contributed by atoms with van der Waals surface area (Å²) in [5, 5.41) is 10.7. The minimum atomic E-state index is 0.631. The molecule has 0 aliphatic heterocycles. The Labute approximate surface area is 82.3 Å². The van der Waals surface area contributed by atoms with E-state index < -0.39 is 0 Å². The summed E-state index contributed by atoms with van der Waals surface area (Å²) >= 11 is 0. The van der Waals surface area contributed by atoms with Gasteiger partial charge in [0, 0.05) is 5.56 Å². The molecule has 0 heterocycles. The van der Waals surface area contributed by atoms with Crippen LogP contribution in [0.4, 0.5) is 0 Å². The Morgan fingerprint density at radius 1 is 1.14 bits per heavy atom. The standard InChI is InChI=1S/C12H9NO/c1-9-11-5-3-2-4-10(11)6-7-12(9)14-8-13/h2-7H,1H3. The van der Waals surface area contributed by atoms with Crippen LogP contribution in [0.5, 0.6) is 5.75 Å². The lowest BCUT2D eigenvalue weighted by Crippen LogP contribution is -1.87. The van der Waals surface area contributed by atoms with Crippen LogP contribution in [0.15, 0.2) is 36.4 Å². The van der Waals surface area contributed by atoms with Crippen molar-refractivity contribution in [2.24, 2.45) is 0 Å². The fourth-order valence-electron chi connectivity index (χ4n) is 1.57. The van der Waals surface area contributed by atoms with E-state index in [1.165, 1.54) is 0 Å². The molecule has 0 aliphatic carbocycles. The van der Waals surface area contributed by atoms with Gasteiger partial charge in [-0.3, -0.25) is 0 Å². The first-order chi connectivity index (χ1) is 6.83. The molecule has 2 aromatic carbocycles. The predicted molar refractivity (Wildman–Crippen MR) is 54.9 cm³/mol. The van der Waals surface area contributed by atoms with Gasteiger partial charge in [0.15, 0.2) is 0 Å². The van der Waals surface area contributed by atoms with Crippen molar-refractivity contribution in [3.8, 4) is 12.0 Å². The Kier molecular flexibility index (Phi) is 2.08. The van der Waals surface area contributed by atoms with E-state index in [9.17, 15) is 0 Å². The molecule has 0 bridgehead atoms. The van der Waals surface area contributed by atoms with E-state index in [2.05, 4.69) is 0 Å². The number of hydrogen-bond donors (Lipinski definition) is 0. The van der Waals surface area contributed by atoms with Crippen molar-refractivity contribution in [1.82, 2.24) is 0 Å². The fraction of sp³-hybridized carbons (Fsp3) is 0.0833. The number of rotatable bonds is 1. The summed E-state index contributed by atoms with van der Waals surface area (Å²) in [6.45, 7) is 1.95. The van der Waals surface area contributed by atoms with E-state index in [-0.39, 0.29) is 0 Å². The molecule has 0 amide bonds. The molecule has 0 unspecified atom stereocenters. The number of hydrogen-bond acceptors (Lipinski definition) is 2. The average molecular weight is 183 g/mol. The third-order valence-electron chi connectivity index (χ3n) is 2.30. The molecular weight excluding hydrogens is 174 g/mol. The number of ether oxygens (including phenoxy) is 1. The summed E-state index contributed by atoms with van der Waals surface area (Å²) in [5.41, 5.74) is 1.00. The maximum absolute atomic E-state index is 8.44. The molecule has 0 radical (unpaired) electrons. The van der Waals surface area contributed by atoms with Crippen molar-refractivity contribution in [3.63, 3.8) is 0 Å². The number of fused-ring (bicyclic) bond motifs is 1. The Bertz CT molecular complexity index is 511.